The van der Waals surface area contributed by atoms with Crippen molar-refractivity contribution in [2.24, 2.45) is 5.73 Å². The molecule has 120 valence electrons. The van der Waals surface area contributed by atoms with Crippen LogP contribution in [-0.2, 0) is 16.6 Å². The van der Waals surface area contributed by atoms with Gasteiger partial charge < -0.3 is 10.6 Å². The largest absolute Gasteiger partial charge is 0.329 e. The molecule has 1 aromatic rings. The topological polar surface area (TPSA) is 96.5 Å². The second-order valence-electron chi connectivity index (χ2n) is 5.40. The Labute approximate surface area is 125 Å². The maximum absolute atomic E-state index is 12.6. The van der Waals surface area contributed by atoms with E-state index in [0.717, 1.165) is 13.1 Å². The van der Waals surface area contributed by atoms with Crippen LogP contribution in [0.25, 0.3) is 0 Å². The van der Waals surface area contributed by atoms with Gasteiger partial charge in [-0.05, 0) is 20.9 Å². The molecule has 8 nitrogen and oxygen atoms in total. The van der Waals surface area contributed by atoms with E-state index in [4.69, 9.17) is 5.73 Å². The number of nitrogens with zero attached hydrogens (tertiary/aromatic N) is 4. The lowest BCUT2D eigenvalue weighted by Gasteiger charge is -2.32. The van der Waals surface area contributed by atoms with Crippen molar-refractivity contribution < 1.29 is 8.42 Å². The molecular formula is C12H24N6O2S. The molecule has 3 N–H and O–H groups in total. The fraction of sp³-hybridized carbons (Fsp3) is 0.750. The molecule has 1 aliphatic rings. The fourth-order valence-electron chi connectivity index (χ4n) is 2.52. The van der Waals surface area contributed by atoms with Crippen LogP contribution >= 0.6 is 0 Å². The van der Waals surface area contributed by atoms with Gasteiger partial charge in [0.1, 0.15) is 4.90 Å². The normalized spacial score (nSPS) is 18.3. The Morgan fingerprint density at radius 2 is 1.86 bits per heavy atom. The van der Waals surface area contributed by atoms with Gasteiger partial charge in [0, 0.05) is 32.7 Å². The Morgan fingerprint density at radius 3 is 2.43 bits per heavy atom. The number of sulfonamides is 1. The highest BCUT2D eigenvalue weighted by molar-refractivity contribution is 7.89. The molecule has 1 aliphatic heterocycles. The van der Waals surface area contributed by atoms with Crippen molar-refractivity contribution in [1.82, 2.24) is 24.5 Å². The molecule has 0 unspecified atom stereocenters. The van der Waals surface area contributed by atoms with Crippen LogP contribution in [-0.4, -0.2) is 67.9 Å². The number of hydrogen-bond acceptors (Lipinski definition) is 6. The van der Waals surface area contributed by atoms with E-state index in [-0.39, 0.29) is 4.90 Å². The predicted octanol–water partition coefficient (Wildman–Crippen LogP) is -1.10. The molecule has 0 saturated carbocycles. The lowest BCUT2D eigenvalue weighted by atomic mass is 10.4. The number of piperazine rings is 1. The van der Waals surface area contributed by atoms with Crippen LogP contribution in [0.4, 0.5) is 0 Å². The van der Waals surface area contributed by atoms with Crippen molar-refractivity contribution in [3.63, 3.8) is 0 Å². The van der Waals surface area contributed by atoms with Crippen molar-refractivity contribution in [3.05, 3.63) is 11.4 Å². The Balaban J connectivity index is 2.19. The number of rotatable bonds is 5. The number of nitrogens with one attached hydrogen (secondary N) is 1. The van der Waals surface area contributed by atoms with Crippen molar-refractivity contribution >= 4 is 10.0 Å². The zero-order valence-electron chi connectivity index (χ0n) is 12.8. The van der Waals surface area contributed by atoms with Gasteiger partial charge in [0.2, 0.25) is 0 Å². The van der Waals surface area contributed by atoms with Gasteiger partial charge in [-0.2, -0.15) is 5.10 Å². The molecule has 2 heterocycles. The SMILES string of the molecule is Cc1nn(CCN)c(C)c1S(=O)(=O)NN1CCN(C)CC1. The fourth-order valence-corrected chi connectivity index (χ4v) is 4.06. The molecule has 0 spiro atoms. The van der Waals surface area contributed by atoms with Crippen LogP contribution in [0, 0.1) is 13.8 Å². The van der Waals surface area contributed by atoms with Gasteiger partial charge in [-0.15, -0.1) is 4.83 Å². The third-order valence-corrected chi connectivity index (χ3v) is 5.30. The number of hydrogen-bond donors (Lipinski definition) is 2. The van der Waals surface area contributed by atoms with Gasteiger partial charge >= 0.3 is 0 Å². The molecule has 2 rings (SSSR count). The van der Waals surface area contributed by atoms with Crippen LogP contribution in [0.3, 0.4) is 0 Å². The second kappa shape index (κ2) is 6.41. The summed E-state index contributed by atoms with van der Waals surface area (Å²) in [7, 11) is -1.58. The molecule has 0 amide bonds. The average Bonchev–Trinajstić information content (AvgIpc) is 2.68. The highest BCUT2D eigenvalue weighted by Crippen LogP contribution is 2.19. The minimum atomic E-state index is -3.60. The molecule has 0 aromatic carbocycles. The van der Waals surface area contributed by atoms with E-state index in [1.165, 1.54) is 0 Å². The molecule has 0 atom stereocenters. The second-order valence-corrected chi connectivity index (χ2v) is 6.99. The predicted molar refractivity (Wildman–Crippen MR) is 80.1 cm³/mol. The quantitative estimate of drug-likeness (QED) is 0.716. The van der Waals surface area contributed by atoms with Gasteiger partial charge in [-0.25, -0.2) is 13.4 Å². The molecule has 0 bridgehead atoms. The average molecular weight is 316 g/mol. The van der Waals surface area contributed by atoms with Crippen molar-refractivity contribution in [3.8, 4) is 0 Å². The molecule has 1 fully saturated rings. The first-order valence-electron chi connectivity index (χ1n) is 7.05. The van der Waals surface area contributed by atoms with Crippen LogP contribution in [0.1, 0.15) is 11.4 Å². The Bertz CT molecular complexity index is 589. The van der Waals surface area contributed by atoms with Gasteiger partial charge in [-0.1, -0.05) is 0 Å². The summed E-state index contributed by atoms with van der Waals surface area (Å²) < 4.78 is 26.8. The summed E-state index contributed by atoms with van der Waals surface area (Å²) in [6.45, 7) is 7.42. The van der Waals surface area contributed by atoms with E-state index in [1.807, 2.05) is 7.05 Å². The molecule has 0 radical (unpaired) electrons. The first-order chi connectivity index (χ1) is 9.85. The van der Waals surface area contributed by atoms with Crippen molar-refractivity contribution in [2.75, 3.05) is 39.8 Å². The van der Waals surface area contributed by atoms with Crippen molar-refractivity contribution in [1.29, 1.82) is 0 Å². The van der Waals surface area contributed by atoms with Gasteiger partial charge in [-0.3, -0.25) is 4.68 Å². The lowest BCUT2D eigenvalue weighted by Crippen LogP contribution is -2.52. The third kappa shape index (κ3) is 3.61. The first-order valence-corrected chi connectivity index (χ1v) is 8.53. The highest BCUT2D eigenvalue weighted by Gasteiger charge is 2.27. The summed E-state index contributed by atoms with van der Waals surface area (Å²) in [5.41, 5.74) is 6.65. The number of aromatic nitrogens is 2. The minimum Gasteiger partial charge on any atom is -0.329 e. The molecule has 21 heavy (non-hydrogen) atoms. The summed E-state index contributed by atoms with van der Waals surface area (Å²) in [4.78, 5) is 5.09. The van der Waals surface area contributed by atoms with Crippen molar-refractivity contribution in [2.45, 2.75) is 25.3 Å². The molecule has 9 heteroatoms. The van der Waals surface area contributed by atoms with Gasteiger partial charge in [0.05, 0.1) is 17.9 Å². The zero-order chi connectivity index (χ0) is 15.6. The van der Waals surface area contributed by atoms with E-state index in [1.54, 1.807) is 23.5 Å². The Hall–Kier alpha value is -1.00. The first kappa shape index (κ1) is 16.4. The van der Waals surface area contributed by atoms with Crippen LogP contribution < -0.4 is 10.6 Å². The van der Waals surface area contributed by atoms with Crippen LogP contribution in [0.2, 0.25) is 0 Å². The Morgan fingerprint density at radius 1 is 1.24 bits per heavy atom. The molecule has 0 aliphatic carbocycles. The number of likely N-dealkylation sites (N-methyl/N-ethyl adjacent to an activating group) is 1. The van der Waals surface area contributed by atoms with E-state index in [2.05, 4.69) is 14.8 Å². The van der Waals surface area contributed by atoms with Crippen LogP contribution in [0.5, 0.6) is 0 Å². The summed E-state index contributed by atoms with van der Waals surface area (Å²) in [5, 5.41) is 6.01. The highest BCUT2D eigenvalue weighted by atomic mass is 32.2. The Kier molecular flexibility index (Phi) is 4.99. The summed E-state index contributed by atoms with van der Waals surface area (Å²) in [6, 6.07) is 0. The van der Waals surface area contributed by atoms with E-state index >= 15 is 0 Å². The summed E-state index contributed by atoms with van der Waals surface area (Å²) >= 11 is 0. The monoisotopic (exact) mass is 316 g/mol. The molecular weight excluding hydrogens is 292 g/mol. The third-order valence-electron chi connectivity index (χ3n) is 3.68. The van der Waals surface area contributed by atoms with E-state index in [9.17, 15) is 8.42 Å². The van der Waals surface area contributed by atoms with E-state index in [0.29, 0.717) is 37.6 Å². The minimum absolute atomic E-state index is 0.259. The molecule has 1 saturated heterocycles. The van der Waals surface area contributed by atoms with E-state index < -0.39 is 10.0 Å². The standard InChI is InChI=1S/C12H24N6O2S/c1-10-12(11(2)18(14-10)5-4-13)21(19,20)15-17-8-6-16(3)7-9-17/h15H,4-9,13H2,1-3H3. The smallest absolute Gasteiger partial charge is 0.257 e. The number of aryl methyl sites for hydroxylation is 1. The molecule has 1 aromatic heterocycles. The zero-order valence-corrected chi connectivity index (χ0v) is 13.7. The van der Waals surface area contributed by atoms with Gasteiger partial charge in [0.15, 0.2) is 0 Å². The van der Waals surface area contributed by atoms with Crippen LogP contribution in [0.15, 0.2) is 4.90 Å². The lowest BCUT2D eigenvalue weighted by molar-refractivity contribution is 0.135. The summed E-state index contributed by atoms with van der Waals surface area (Å²) in [6.07, 6.45) is 0. The number of hydrazine groups is 1. The summed E-state index contributed by atoms with van der Waals surface area (Å²) in [5.74, 6) is 0. The number of nitrogens with two attached hydrogens (primary N) is 1. The van der Waals surface area contributed by atoms with Gasteiger partial charge in [0.25, 0.3) is 10.0 Å². The maximum Gasteiger partial charge on any atom is 0.257 e. The maximum atomic E-state index is 12.6.